The highest BCUT2D eigenvalue weighted by Gasteiger charge is 2.22. The monoisotopic (exact) mass is 308 g/mol. The smallest absolute Gasteiger partial charge is 0.239 e. The molecule has 1 atom stereocenters. The van der Waals surface area contributed by atoms with E-state index in [2.05, 4.69) is 10.6 Å². The second-order valence-electron chi connectivity index (χ2n) is 5.57. The molecule has 1 aliphatic rings. The van der Waals surface area contributed by atoms with Crippen molar-refractivity contribution in [2.75, 3.05) is 13.1 Å². The molecule has 1 aromatic carbocycles. The van der Waals surface area contributed by atoms with E-state index in [-0.39, 0.29) is 36.6 Å². The summed E-state index contributed by atoms with van der Waals surface area (Å²) >= 11 is 0. The first-order valence-electron chi connectivity index (χ1n) is 7.54. The van der Waals surface area contributed by atoms with Crippen LogP contribution in [0.4, 0.5) is 4.39 Å². The van der Waals surface area contributed by atoms with Crippen LogP contribution in [-0.2, 0) is 9.59 Å². The van der Waals surface area contributed by atoms with Gasteiger partial charge in [-0.2, -0.15) is 0 Å². The van der Waals surface area contributed by atoms with Crippen molar-refractivity contribution in [3.63, 3.8) is 0 Å². The lowest BCUT2D eigenvalue weighted by molar-refractivity contribution is -0.128. The van der Waals surface area contributed by atoms with Gasteiger partial charge in [0.2, 0.25) is 11.8 Å². The average Bonchev–Trinajstić information content (AvgIpc) is 3.05. The number of benzene rings is 1. The van der Waals surface area contributed by atoms with Gasteiger partial charge in [0.1, 0.15) is 5.82 Å². The van der Waals surface area contributed by atoms with Gasteiger partial charge in [-0.25, -0.2) is 4.39 Å². The van der Waals surface area contributed by atoms with Crippen molar-refractivity contribution in [2.45, 2.75) is 31.8 Å². The summed E-state index contributed by atoms with van der Waals surface area (Å²) in [6.07, 6.45) is 2.99. The lowest BCUT2D eigenvalue weighted by Gasteiger charge is -2.13. The Morgan fingerprint density at radius 3 is 2.45 bits per heavy atom. The van der Waals surface area contributed by atoms with E-state index in [0.717, 1.165) is 25.7 Å². The van der Waals surface area contributed by atoms with Gasteiger partial charge >= 0.3 is 0 Å². The third-order valence-electron chi connectivity index (χ3n) is 3.90. The molecule has 1 fully saturated rings. The molecule has 120 valence electrons. The molecular weight excluding hydrogens is 287 g/mol. The van der Waals surface area contributed by atoms with E-state index in [1.807, 2.05) is 0 Å². The van der Waals surface area contributed by atoms with Crippen molar-refractivity contribution in [1.29, 1.82) is 0 Å². The van der Waals surface area contributed by atoms with Crippen molar-refractivity contribution in [2.24, 2.45) is 5.92 Å². The van der Waals surface area contributed by atoms with Crippen LogP contribution in [0, 0.1) is 11.7 Å². The summed E-state index contributed by atoms with van der Waals surface area (Å²) in [7, 11) is 0. The topological polar surface area (TPSA) is 78.4 Å². The lowest BCUT2D eigenvalue weighted by Crippen LogP contribution is -2.40. The summed E-state index contributed by atoms with van der Waals surface area (Å²) in [5.41, 5.74) is 0.525. The van der Waals surface area contributed by atoms with Crippen LogP contribution in [0.25, 0.3) is 0 Å². The van der Waals surface area contributed by atoms with Gasteiger partial charge in [0.15, 0.2) is 0 Å². The largest absolute Gasteiger partial charge is 0.387 e. The highest BCUT2D eigenvalue weighted by molar-refractivity contribution is 5.85. The highest BCUT2D eigenvalue weighted by atomic mass is 19.1. The number of carbonyl (C=O) groups excluding carboxylic acids is 2. The fourth-order valence-electron chi connectivity index (χ4n) is 2.58. The molecule has 1 unspecified atom stereocenters. The van der Waals surface area contributed by atoms with Crippen LogP contribution in [0.3, 0.4) is 0 Å². The first-order chi connectivity index (χ1) is 10.6. The first kappa shape index (κ1) is 16.4. The van der Waals surface area contributed by atoms with Gasteiger partial charge in [-0.15, -0.1) is 0 Å². The number of aliphatic hydroxyl groups is 1. The molecule has 5 nitrogen and oxygen atoms in total. The molecule has 6 heteroatoms. The van der Waals surface area contributed by atoms with Crippen molar-refractivity contribution in [3.8, 4) is 0 Å². The maximum absolute atomic E-state index is 12.8. The zero-order chi connectivity index (χ0) is 15.9. The molecule has 1 aliphatic carbocycles. The Morgan fingerprint density at radius 2 is 1.82 bits per heavy atom. The molecule has 1 saturated carbocycles. The number of nitrogens with one attached hydrogen (secondary N) is 2. The minimum Gasteiger partial charge on any atom is -0.387 e. The zero-order valence-corrected chi connectivity index (χ0v) is 12.3. The van der Waals surface area contributed by atoms with E-state index in [0.29, 0.717) is 5.56 Å². The van der Waals surface area contributed by atoms with Crippen LogP contribution in [0.5, 0.6) is 0 Å². The van der Waals surface area contributed by atoms with Crippen molar-refractivity contribution < 1.29 is 19.1 Å². The van der Waals surface area contributed by atoms with Gasteiger partial charge < -0.3 is 15.7 Å². The number of halogens is 1. The molecule has 2 rings (SSSR count). The van der Waals surface area contributed by atoms with Crippen LogP contribution in [-0.4, -0.2) is 30.0 Å². The quantitative estimate of drug-likeness (QED) is 0.741. The van der Waals surface area contributed by atoms with E-state index in [1.165, 1.54) is 24.3 Å². The summed E-state index contributed by atoms with van der Waals surface area (Å²) in [6, 6.07) is 5.44. The minimum absolute atomic E-state index is 0.0176. The number of carbonyl (C=O) groups is 2. The van der Waals surface area contributed by atoms with E-state index >= 15 is 0 Å². The SMILES string of the molecule is O=C(CNC(=O)C1CCCC1)NCC(O)c1ccc(F)cc1. The van der Waals surface area contributed by atoms with E-state index < -0.39 is 6.10 Å². The standard InChI is InChI=1S/C16H21FN2O3/c17-13-7-5-11(6-8-13)14(20)9-18-15(21)10-19-16(22)12-3-1-2-4-12/h5-8,12,14,20H,1-4,9-10H2,(H,18,21)(H,19,22). The number of aliphatic hydroxyl groups excluding tert-OH is 1. The Balaban J connectivity index is 1.68. The third kappa shape index (κ3) is 4.80. The van der Waals surface area contributed by atoms with Crippen LogP contribution in [0.1, 0.15) is 37.4 Å². The van der Waals surface area contributed by atoms with Crippen LogP contribution >= 0.6 is 0 Å². The zero-order valence-electron chi connectivity index (χ0n) is 12.3. The second kappa shape index (κ2) is 7.89. The molecule has 3 N–H and O–H groups in total. The maximum Gasteiger partial charge on any atom is 0.239 e. The molecule has 22 heavy (non-hydrogen) atoms. The number of hydrogen-bond donors (Lipinski definition) is 3. The molecule has 0 aromatic heterocycles. The van der Waals surface area contributed by atoms with Gasteiger partial charge in [-0.1, -0.05) is 25.0 Å². The number of hydrogen-bond acceptors (Lipinski definition) is 3. The molecule has 0 spiro atoms. The van der Waals surface area contributed by atoms with Gasteiger partial charge in [0.05, 0.1) is 12.6 Å². The fraction of sp³-hybridized carbons (Fsp3) is 0.500. The van der Waals surface area contributed by atoms with Gasteiger partial charge in [0, 0.05) is 12.5 Å². The van der Waals surface area contributed by atoms with Gasteiger partial charge in [0.25, 0.3) is 0 Å². The Labute approximate surface area is 128 Å². The predicted molar refractivity (Wildman–Crippen MR) is 79.3 cm³/mol. The average molecular weight is 308 g/mol. The van der Waals surface area contributed by atoms with E-state index in [9.17, 15) is 19.1 Å². The maximum atomic E-state index is 12.8. The third-order valence-corrected chi connectivity index (χ3v) is 3.90. The molecule has 0 radical (unpaired) electrons. The summed E-state index contributed by atoms with van der Waals surface area (Å²) in [4.78, 5) is 23.4. The molecule has 0 aliphatic heterocycles. The Kier molecular flexibility index (Phi) is 5.89. The molecule has 0 bridgehead atoms. The Hall–Kier alpha value is -1.95. The number of amides is 2. The second-order valence-corrected chi connectivity index (χ2v) is 5.57. The first-order valence-corrected chi connectivity index (χ1v) is 7.54. The Morgan fingerprint density at radius 1 is 1.18 bits per heavy atom. The number of rotatable bonds is 6. The highest BCUT2D eigenvalue weighted by Crippen LogP contribution is 2.24. The summed E-state index contributed by atoms with van der Waals surface area (Å²) in [5.74, 6) is -0.786. The summed E-state index contributed by atoms with van der Waals surface area (Å²) in [5, 5.41) is 15.0. The minimum atomic E-state index is -0.907. The van der Waals surface area contributed by atoms with Crippen LogP contribution < -0.4 is 10.6 Å². The van der Waals surface area contributed by atoms with Crippen LogP contribution in [0.2, 0.25) is 0 Å². The predicted octanol–water partition coefficient (Wildman–Crippen LogP) is 1.28. The van der Waals surface area contributed by atoms with Crippen molar-refractivity contribution in [1.82, 2.24) is 10.6 Å². The molecule has 0 heterocycles. The van der Waals surface area contributed by atoms with Crippen molar-refractivity contribution in [3.05, 3.63) is 35.6 Å². The Bertz CT molecular complexity index is 513. The molecular formula is C16H21FN2O3. The van der Waals surface area contributed by atoms with Gasteiger partial charge in [-0.3, -0.25) is 9.59 Å². The lowest BCUT2D eigenvalue weighted by atomic mass is 10.1. The normalized spacial score (nSPS) is 16.3. The van der Waals surface area contributed by atoms with Crippen molar-refractivity contribution >= 4 is 11.8 Å². The van der Waals surface area contributed by atoms with E-state index in [4.69, 9.17) is 0 Å². The molecule has 2 amide bonds. The summed E-state index contributed by atoms with van der Waals surface area (Å²) in [6.45, 7) is -0.0742. The van der Waals surface area contributed by atoms with E-state index in [1.54, 1.807) is 0 Å². The van der Waals surface area contributed by atoms with Crippen LogP contribution in [0.15, 0.2) is 24.3 Å². The molecule has 1 aromatic rings. The van der Waals surface area contributed by atoms with Gasteiger partial charge in [-0.05, 0) is 30.5 Å². The fourth-order valence-corrected chi connectivity index (χ4v) is 2.58. The molecule has 0 saturated heterocycles. The summed E-state index contributed by atoms with van der Waals surface area (Å²) < 4.78 is 12.8.